The molecule has 1 fully saturated rings. The van der Waals surface area contributed by atoms with Crippen LogP contribution >= 0.6 is 11.6 Å². The van der Waals surface area contributed by atoms with E-state index in [2.05, 4.69) is 4.90 Å². The van der Waals surface area contributed by atoms with Crippen molar-refractivity contribution in [2.75, 3.05) is 18.0 Å². The van der Waals surface area contributed by atoms with E-state index in [1.807, 2.05) is 12.1 Å². The van der Waals surface area contributed by atoms with E-state index in [0.29, 0.717) is 28.7 Å². The van der Waals surface area contributed by atoms with E-state index >= 15 is 0 Å². The second-order valence-corrected chi connectivity index (χ2v) is 7.49. The average Bonchev–Trinajstić information content (AvgIpc) is 2.92. The highest BCUT2D eigenvalue weighted by Gasteiger charge is 2.22. The van der Waals surface area contributed by atoms with Crippen LogP contribution in [0.1, 0.15) is 24.8 Å². The number of nitrogens with zero attached hydrogens (tertiary/aromatic N) is 5. The predicted octanol–water partition coefficient (Wildman–Crippen LogP) is 2.13. The standard InChI is InChI=1S/C19H22ClN5O2/c1-22-16-15(25(19(22)27)12-13-6-8-14(20)9-7-13)17(26)23(2)18(21-16)24-10-4-3-5-11-24/h6-9H,3-5,10-12H2,1-2H3. The van der Waals surface area contributed by atoms with E-state index in [1.165, 1.54) is 15.6 Å². The lowest BCUT2D eigenvalue weighted by molar-refractivity contribution is 0.557. The molecule has 0 spiro atoms. The molecule has 0 atom stereocenters. The zero-order valence-corrected chi connectivity index (χ0v) is 16.2. The molecule has 0 saturated carbocycles. The third-order valence-corrected chi connectivity index (χ3v) is 5.48. The highest BCUT2D eigenvalue weighted by atomic mass is 35.5. The fourth-order valence-corrected chi connectivity index (χ4v) is 3.83. The van der Waals surface area contributed by atoms with Crippen molar-refractivity contribution in [1.82, 2.24) is 18.7 Å². The number of hydrogen-bond acceptors (Lipinski definition) is 4. The molecule has 27 heavy (non-hydrogen) atoms. The average molecular weight is 388 g/mol. The smallest absolute Gasteiger partial charge is 0.330 e. The molecule has 1 aliphatic rings. The first-order valence-electron chi connectivity index (χ1n) is 9.13. The van der Waals surface area contributed by atoms with Gasteiger partial charge in [0.2, 0.25) is 5.95 Å². The van der Waals surface area contributed by atoms with Gasteiger partial charge in [-0.15, -0.1) is 0 Å². The van der Waals surface area contributed by atoms with E-state index in [1.54, 1.807) is 30.8 Å². The van der Waals surface area contributed by atoms with Gasteiger partial charge in [-0.1, -0.05) is 23.7 Å². The lowest BCUT2D eigenvalue weighted by atomic mass is 10.1. The number of halogens is 1. The quantitative estimate of drug-likeness (QED) is 0.690. The molecular weight excluding hydrogens is 366 g/mol. The first-order valence-corrected chi connectivity index (χ1v) is 9.51. The molecule has 3 heterocycles. The molecule has 2 aromatic heterocycles. The van der Waals surface area contributed by atoms with Crippen molar-refractivity contribution in [3.8, 4) is 0 Å². The summed E-state index contributed by atoms with van der Waals surface area (Å²) in [6, 6.07) is 7.26. The minimum Gasteiger partial charge on any atom is -0.342 e. The molecule has 8 heteroatoms. The SMILES string of the molecule is Cn1c(N2CCCCC2)nc2c(c1=O)n(Cc1ccc(Cl)cc1)c(=O)n2C. The number of hydrogen-bond donors (Lipinski definition) is 0. The first kappa shape index (κ1) is 17.9. The van der Waals surface area contributed by atoms with Crippen LogP contribution in [0.5, 0.6) is 0 Å². The summed E-state index contributed by atoms with van der Waals surface area (Å²) in [5, 5.41) is 0.632. The molecule has 1 aliphatic heterocycles. The van der Waals surface area contributed by atoms with Gasteiger partial charge in [0.15, 0.2) is 11.2 Å². The summed E-state index contributed by atoms with van der Waals surface area (Å²) in [4.78, 5) is 32.8. The summed E-state index contributed by atoms with van der Waals surface area (Å²) in [5.74, 6) is 0.631. The maximum Gasteiger partial charge on any atom is 0.330 e. The zero-order valence-electron chi connectivity index (χ0n) is 15.5. The van der Waals surface area contributed by atoms with Gasteiger partial charge < -0.3 is 4.90 Å². The molecule has 3 aromatic rings. The van der Waals surface area contributed by atoms with Gasteiger partial charge in [-0.25, -0.2) is 4.79 Å². The Hall–Kier alpha value is -2.54. The van der Waals surface area contributed by atoms with Crippen molar-refractivity contribution in [2.45, 2.75) is 25.8 Å². The van der Waals surface area contributed by atoms with Gasteiger partial charge >= 0.3 is 5.69 Å². The van der Waals surface area contributed by atoms with E-state index in [4.69, 9.17) is 16.6 Å². The maximum atomic E-state index is 13.1. The van der Waals surface area contributed by atoms with Crippen LogP contribution in [-0.2, 0) is 20.6 Å². The summed E-state index contributed by atoms with van der Waals surface area (Å²) in [6.45, 7) is 2.06. The summed E-state index contributed by atoms with van der Waals surface area (Å²) < 4.78 is 4.51. The van der Waals surface area contributed by atoms with Gasteiger partial charge in [-0.3, -0.25) is 18.5 Å². The fourth-order valence-electron chi connectivity index (χ4n) is 3.70. The van der Waals surface area contributed by atoms with Crippen molar-refractivity contribution >= 4 is 28.7 Å². The van der Waals surface area contributed by atoms with E-state index < -0.39 is 0 Å². The van der Waals surface area contributed by atoms with Crippen molar-refractivity contribution in [3.05, 3.63) is 55.7 Å². The second kappa shape index (κ2) is 6.88. The van der Waals surface area contributed by atoms with E-state index in [0.717, 1.165) is 31.5 Å². The van der Waals surface area contributed by atoms with Crippen LogP contribution in [0.2, 0.25) is 5.02 Å². The molecule has 4 rings (SSSR count). The van der Waals surface area contributed by atoms with Crippen molar-refractivity contribution in [2.24, 2.45) is 14.1 Å². The number of aryl methyl sites for hydroxylation is 1. The summed E-state index contributed by atoms with van der Waals surface area (Å²) in [5.41, 5.74) is 1.21. The van der Waals surface area contributed by atoms with Gasteiger partial charge in [0, 0.05) is 32.2 Å². The van der Waals surface area contributed by atoms with Crippen LogP contribution in [0, 0.1) is 0 Å². The third-order valence-electron chi connectivity index (χ3n) is 5.22. The van der Waals surface area contributed by atoms with Crippen molar-refractivity contribution < 1.29 is 0 Å². The van der Waals surface area contributed by atoms with Gasteiger partial charge in [0.25, 0.3) is 5.56 Å². The molecule has 0 radical (unpaired) electrons. The number of imidazole rings is 1. The number of aromatic nitrogens is 4. The molecule has 1 saturated heterocycles. The van der Waals surface area contributed by atoms with E-state index in [9.17, 15) is 9.59 Å². The van der Waals surface area contributed by atoms with Crippen LogP contribution in [-0.4, -0.2) is 31.8 Å². The summed E-state index contributed by atoms with van der Waals surface area (Å²) in [7, 11) is 3.39. The Morgan fingerprint density at radius 1 is 1.00 bits per heavy atom. The normalized spacial score (nSPS) is 14.9. The minimum atomic E-state index is -0.250. The second-order valence-electron chi connectivity index (χ2n) is 7.05. The predicted molar refractivity (Wildman–Crippen MR) is 107 cm³/mol. The van der Waals surface area contributed by atoms with Gasteiger partial charge in [-0.2, -0.15) is 4.98 Å². The fraction of sp³-hybridized carbons (Fsp3) is 0.421. The van der Waals surface area contributed by atoms with Crippen LogP contribution in [0.4, 0.5) is 5.95 Å². The number of anilines is 1. The highest BCUT2D eigenvalue weighted by Crippen LogP contribution is 2.19. The Kier molecular flexibility index (Phi) is 4.55. The van der Waals surface area contributed by atoms with Crippen LogP contribution in [0.25, 0.3) is 11.2 Å². The molecule has 0 amide bonds. The van der Waals surface area contributed by atoms with Crippen molar-refractivity contribution in [3.63, 3.8) is 0 Å². The highest BCUT2D eigenvalue weighted by molar-refractivity contribution is 6.30. The Bertz CT molecular complexity index is 1100. The van der Waals surface area contributed by atoms with Crippen LogP contribution in [0.3, 0.4) is 0 Å². The minimum absolute atomic E-state index is 0.202. The Morgan fingerprint density at radius 2 is 1.67 bits per heavy atom. The van der Waals surface area contributed by atoms with E-state index in [-0.39, 0.29) is 11.2 Å². The lowest BCUT2D eigenvalue weighted by Gasteiger charge is -2.28. The van der Waals surface area contributed by atoms with Crippen LogP contribution < -0.4 is 16.1 Å². The van der Waals surface area contributed by atoms with Crippen LogP contribution in [0.15, 0.2) is 33.9 Å². The Morgan fingerprint density at radius 3 is 2.33 bits per heavy atom. The van der Waals surface area contributed by atoms with Gasteiger partial charge in [0.1, 0.15) is 0 Å². The summed E-state index contributed by atoms with van der Waals surface area (Å²) in [6.07, 6.45) is 3.37. The molecule has 1 aromatic carbocycles. The molecule has 0 bridgehead atoms. The molecular formula is C19H22ClN5O2. The maximum absolute atomic E-state index is 13.1. The van der Waals surface area contributed by atoms with Gasteiger partial charge in [-0.05, 0) is 37.0 Å². The topological polar surface area (TPSA) is 65.1 Å². The number of fused-ring (bicyclic) bond motifs is 1. The number of piperidine rings is 1. The number of rotatable bonds is 3. The monoisotopic (exact) mass is 387 g/mol. The molecule has 0 N–H and O–H groups in total. The first-order chi connectivity index (χ1) is 13.0. The number of benzene rings is 1. The zero-order chi connectivity index (χ0) is 19.1. The Labute approximate surface area is 161 Å². The van der Waals surface area contributed by atoms with Gasteiger partial charge in [0.05, 0.1) is 6.54 Å². The molecule has 0 aliphatic carbocycles. The molecule has 142 valence electrons. The largest absolute Gasteiger partial charge is 0.342 e. The summed E-state index contributed by atoms with van der Waals surface area (Å²) >= 11 is 5.94. The lowest BCUT2D eigenvalue weighted by Crippen LogP contribution is -2.36. The molecule has 0 unspecified atom stereocenters. The third kappa shape index (κ3) is 3.06. The Balaban J connectivity index is 1.87. The molecule has 7 nitrogen and oxygen atoms in total. The van der Waals surface area contributed by atoms with Crippen molar-refractivity contribution in [1.29, 1.82) is 0 Å².